The zero-order valence-corrected chi connectivity index (χ0v) is 17.0. The van der Waals surface area contributed by atoms with Gasteiger partial charge >= 0.3 is 0 Å². The smallest absolute Gasteiger partial charge is 0.252 e. The molecule has 2 amide bonds. The van der Waals surface area contributed by atoms with E-state index in [1.165, 1.54) is 14.2 Å². The van der Waals surface area contributed by atoms with Crippen LogP contribution < -0.4 is 14.8 Å². The Morgan fingerprint density at radius 1 is 1.08 bits per heavy atom. The molecule has 0 aliphatic heterocycles. The Morgan fingerprint density at radius 2 is 1.62 bits per heavy atom. The van der Waals surface area contributed by atoms with Crippen LogP contribution in [0, 0.1) is 5.92 Å². The van der Waals surface area contributed by atoms with Crippen LogP contribution in [0.1, 0.15) is 50.9 Å². The Morgan fingerprint density at radius 3 is 2.04 bits per heavy atom. The summed E-state index contributed by atoms with van der Waals surface area (Å²) in [5.41, 5.74) is 0.393. The molecule has 6 heteroatoms. The molecule has 1 aromatic carbocycles. The van der Waals surface area contributed by atoms with Crippen molar-refractivity contribution in [3.05, 3.63) is 23.8 Å². The molecule has 0 aromatic heterocycles. The third-order valence-electron chi connectivity index (χ3n) is 4.55. The Labute approximate surface area is 156 Å². The second-order valence-corrected chi connectivity index (χ2v) is 6.88. The van der Waals surface area contributed by atoms with Gasteiger partial charge in [0.2, 0.25) is 5.91 Å². The summed E-state index contributed by atoms with van der Waals surface area (Å²) in [5.74, 6) is 0.608. The first-order chi connectivity index (χ1) is 12.2. The molecule has 2 atom stereocenters. The highest BCUT2D eigenvalue weighted by molar-refractivity contribution is 5.98. The minimum absolute atomic E-state index is 0.0322. The second kappa shape index (κ2) is 10.0. The fourth-order valence-corrected chi connectivity index (χ4v) is 2.72. The fourth-order valence-electron chi connectivity index (χ4n) is 2.72. The molecule has 146 valence electrons. The number of carbonyl (C=O) groups is 2. The number of rotatable bonds is 9. The molecule has 0 bridgehead atoms. The Hall–Kier alpha value is -2.24. The molecule has 0 saturated heterocycles. The lowest BCUT2D eigenvalue weighted by Crippen LogP contribution is -2.52. The highest BCUT2D eigenvalue weighted by Gasteiger charge is 2.29. The van der Waals surface area contributed by atoms with Crippen LogP contribution in [0.15, 0.2) is 18.2 Å². The van der Waals surface area contributed by atoms with Gasteiger partial charge in [-0.3, -0.25) is 9.59 Å². The topological polar surface area (TPSA) is 67.9 Å². The maximum atomic E-state index is 12.9. The lowest BCUT2D eigenvalue weighted by atomic mass is 10.0. The van der Waals surface area contributed by atoms with Crippen molar-refractivity contribution in [1.82, 2.24) is 10.2 Å². The normalized spacial score (nSPS) is 13.1. The van der Waals surface area contributed by atoms with Gasteiger partial charge in [-0.1, -0.05) is 27.2 Å². The Kier molecular flexibility index (Phi) is 8.42. The summed E-state index contributed by atoms with van der Waals surface area (Å²) in [6, 6.07) is 4.49. The quantitative estimate of drug-likeness (QED) is 0.731. The average Bonchev–Trinajstić information content (AvgIpc) is 2.63. The van der Waals surface area contributed by atoms with E-state index < -0.39 is 6.04 Å². The number of methoxy groups -OCH3 is 2. The van der Waals surface area contributed by atoms with Crippen molar-refractivity contribution in [2.75, 3.05) is 21.3 Å². The molecular formula is C20H32N2O4. The van der Waals surface area contributed by atoms with Crippen LogP contribution in [0.25, 0.3) is 0 Å². The van der Waals surface area contributed by atoms with Gasteiger partial charge in [0, 0.05) is 24.7 Å². The zero-order chi connectivity index (χ0) is 19.9. The van der Waals surface area contributed by atoms with E-state index in [1.807, 2.05) is 20.8 Å². The number of amides is 2. The van der Waals surface area contributed by atoms with Gasteiger partial charge in [0.15, 0.2) is 0 Å². The monoisotopic (exact) mass is 364 g/mol. The number of hydrogen-bond acceptors (Lipinski definition) is 4. The minimum atomic E-state index is -0.594. The van der Waals surface area contributed by atoms with Crippen molar-refractivity contribution in [3.8, 4) is 11.5 Å². The van der Waals surface area contributed by atoms with Gasteiger partial charge in [0.25, 0.3) is 5.91 Å². The highest BCUT2D eigenvalue weighted by Crippen LogP contribution is 2.23. The maximum absolute atomic E-state index is 12.9. The number of nitrogens with one attached hydrogen (secondary N) is 1. The maximum Gasteiger partial charge on any atom is 0.252 e. The summed E-state index contributed by atoms with van der Waals surface area (Å²) >= 11 is 0. The third-order valence-corrected chi connectivity index (χ3v) is 4.55. The highest BCUT2D eigenvalue weighted by atomic mass is 16.5. The van der Waals surface area contributed by atoms with Crippen LogP contribution in [0.4, 0.5) is 0 Å². The average molecular weight is 364 g/mol. The standard InChI is InChI=1S/C20H32N2O4/c1-8-9-14(4)22(5)20(24)18(13(2)3)21-19(23)15-10-16(25-6)12-17(11-15)26-7/h10-14,18H,8-9H2,1-7H3,(H,21,23)/t14-,18+/m0/s1. The van der Waals surface area contributed by atoms with Gasteiger partial charge in [0.1, 0.15) is 17.5 Å². The Bertz CT molecular complexity index is 594. The van der Waals surface area contributed by atoms with Crippen LogP contribution in [0.5, 0.6) is 11.5 Å². The van der Waals surface area contributed by atoms with Gasteiger partial charge < -0.3 is 19.7 Å². The van der Waals surface area contributed by atoms with Crippen molar-refractivity contribution >= 4 is 11.8 Å². The van der Waals surface area contributed by atoms with E-state index in [1.54, 1.807) is 30.1 Å². The summed E-state index contributed by atoms with van der Waals surface area (Å²) in [7, 11) is 4.85. The van der Waals surface area contributed by atoms with E-state index >= 15 is 0 Å². The van der Waals surface area contributed by atoms with Gasteiger partial charge in [-0.05, 0) is 31.4 Å². The summed E-state index contributed by atoms with van der Waals surface area (Å²) in [6.07, 6.45) is 1.93. The fraction of sp³-hybridized carbons (Fsp3) is 0.600. The van der Waals surface area contributed by atoms with Crippen LogP contribution >= 0.6 is 0 Å². The van der Waals surface area contributed by atoms with E-state index in [0.717, 1.165) is 12.8 Å². The van der Waals surface area contributed by atoms with E-state index in [4.69, 9.17) is 9.47 Å². The summed E-state index contributed by atoms with van der Waals surface area (Å²) in [4.78, 5) is 27.3. The summed E-state index contributed by atoms with van der Waals surface area (Å²) in [6.45, 7) is 7.96. The molecule has 0 aliphatic rings. The van der Waals surface area contributed by atoms with Gasteiger partial charge in [-0.25, -0.2) is 0 Å². The van der Waals surface area contributed by atoms with Crippen LogP contribution in [-0.2, 0) is 4.79 Å². The van der Waals surface area contributed by atoms with E-state index in [9.17, 15) is 9.59 Å². The molecule has 6 nitrogen and oxygen atoms in total. The molecule has 0 unspecified atom stereocenters. The SMILES string of the molecule is CCC[C@H](C)N(C)C(=O)[C@H](NC(=O)c1cc(OC)cc(OC)c1)C(C)C. The zero-order valence-electron chi connectivity index (χ0n) is 17.0. The number of ether oxygens (including phenoxy) is 2. The Balaban J connectivity index is 3.00. The van der Waals surface area contributed by atoms with E-state index in [-0.39, 0.29) is 23.8 Å². The molecule has 1 aromatic rings. The minimum Gasteiger partial charge on any atom is -0.497 e. The van der Waals surface area contributed by atoms with Crippen molar-refractivity contribution in [3.63, 3.8) is 0 Å². The van der Waals surface area contributed by atoms with Crippen molar-refractivity contribution < 1.29 is 19.1 Å². The van der Waals surface area contributed by atoms with Crippen LogP contribution in [-0.4, -0.2) is 50.1 Å². The molecule has 1 N–H and O–H groups in total. The lowest BCUT2D eigenvalue weighted by Gasteiger charge is -2.31. The van der Waals surface area contributed by atoms with Crippen LogP contribution in [0.2, 0.25) is 0 Å². The first-order valence-electron chi connectivity index (χ1n) is 9.05. The molecule has 0 saturated carbocycles. The molecule has 0 radical (unpaired) electrons. The summed E-state index contributed by atoms with van der Waals surface area (Å²) in [5, 5.41) is 2.87. The van der Waals surface area contributed by atoms with Crippen molar-refractivity contribution in [2.45, 2.75) is 52.6 Å². The largest absolute Gasteiger partial charge is 0.497 e. The van der Waals surface area contributed by atoms with Crippen molar-refractivity contribution in [2.24, 2.45) is 5.92 Å². The number of carbonyl (C=O) groups excluding carboxylic acids is 2. The van der Waals surface area contributed by atoms with Gasteiger partial charge in [-0.15, -0.1) is 0 Å². The first kappa shape index (κ1) is 21.8. The third kappa shape index (κ3) is 5.64. The molecule has 26 heavy (non-hydrogen) atoms. The van der Waals surface area contributed by atoms with E-state index in [0.29, 0.717) is 17.1 Å². The van der Waals surface area contributed by atoms with Gasteiger partial charge in [0.05, 0.1) is 14.2 Å². The van der Waals surface area contributed by atoms with Crippen molar-refractivity contribution in [1.29, 1.82) is 0 Å². The molecule has 1 rings (SSSR count). The van der Waals surface area contributed by atoms with Crippen LogP contribution in [0.3, 0.4) is 0 Å². The number of hydrogen-bond donors (Lipinski definition) is 1. The number of benzene rings is 1. The predicted octanol–water partition coefficient (Wildman–Crippen LogP) is 3.11. The van der Waals surface area contributed by atoms with E-state index in [2.05, 4.69) is 12.2 Å². The van der Waals surface area contributed by atoms with Gasteiger partial charge in [-0.2, -0.15) is 0 Å². The number of nitrogens with zero attached hydrogens (tertiary/aromatic N) is 1. The number of likely N-dealkylation sites (N-methyl/N-ethyl adjacent to an activating group) is 1. The molecular weight excluding hydrogens is 332 g/mol. The summed E-state index contributed by atoms with van der Waals surface area (Å²) < 4.78 is 10.4. The first-order valence-corrected chi connectivity index (χ1v) is 9.05. The molecule has 0 spiro atoms. The molecule has 0 aliphatic carbocycles. The molecule has 0 heterocycles. The lowest BCUT2D eigenvalue weighted by molar-refractivity contribution is -0.134. The predicted molar refractivity (Wildman–Crippen MR) is 103 cm³/mol. The molecule has 0 fully saturated rings. The second-order valence-electron chi connectivity index (χ2n) is 6.88.